The van der Waals surface area contributed by atoms with Crippen molar-refractivity contribution in [2.75, 3.05) is 6.54 Å². The highest BCUT2D eigenvalue weighted by molar-refractivity contribution is 8.01. The first-order chi connectivity index (χ1) is 12.5. The molecule has 0 radical (unpaired) electrons. The van der Waals surface area contributed by atoms with E-state index in [2.05, 4.69) is 28.2 Å². The van der Waals surface area contributed by atoms with Gasteiger partial charge >= 0.3 is 5.97 Å². The summed E-state index contributed by atoms with van der Waals surface area (Å²) >= 11 is 13.6. The standard InChI is InChI=1S/C19H16Cl2N2O2S/c20-14-6-5-11(7-15(14)21)9-23-10-13(12-3-1-2-4-16(12)23)18-22-8-17(26-18)19(24)25/h1-7,10,17-18,22H,8-9H2,(H,24,25)/t17-,18-/m0/s1. The largest absolute Gasteiger partial charge is 0.480 e. The molecule has 0 saturated carbocycles. The maximum Gasteiger partial charge on any atom is 0.318 e. The van der Waals surface area contributed by atoms with Crippen molar-refractivity contribution in [1.29, 1.82) is 0 Å². The molecule has 1 fully saturated rings. The van der Waals surface area contributed by atoms with Crippen LogP contribution in [0, 0.1) is 0 Å². The molecule has 1 aliphatic rings. The second-order valence-corrected chi connectivity index (χ2v) is 8.36. The highest BCUT2D eigenvalue weighted by Gasteiger charge is 2.32. The van der Waals surface area contributed by atoms with Crippen molar-refractivity contribution in [3.63, 3.8) is 0 Å². The third-order valence-electron chi connectivity index (χ3n) is 4.50. The van der Waals surface area contributed by atoms with E-state index in [0.717, 1.165) is 22.0 Å². The average molecular weight is 407 g/mol. The predicted molar refractivity (Wildman–Crippen MR) is 107 cm³/mol. The Hall–Kier alpha value is -1.66. The number of aromatic nitrogens is 1. The van der Waals surface area contributed by atoms with E-state index in [4.69, 9.17) is 23.2 Å². The molecule has 0 aliphatic carbocycles. The van der Waals surface area contributed by atoms with Crippen molar-refractivity contribution in [2.24, 2.45) is 0 Å². The van der Waals surface area contributed by atoms with Gasteiger partial charge in [0.2, 0.25) is 0 Å². The molecule has 7 heteroatoms. The van der Waals surface area contributed by atoms with E-state index in [1.165, 1.54) is 11.8 Å². The van der Waals surface area contributed by atoms with E-state index in [-0.39, 0.29) is 5.37 Å². The first kappa shape index (κ1) is 17.7. The number of thioether (sulfide) groups is 1. The second-order valence-electron chi connectivity index (χ2n) is 6.23. The van der Waals surface area contributed by atoms with Crippen LogP contribution in [0.25, 0.3) is 10.9 Å². The van der Waals surface area contributed by atoms with Crippen molar-refractivity contribution >= 4 is 51.8 Å². The fourth-order valence-corrected chi connectivity index (χ4v) is 4.74. The van der Waals surface area contributed by atoms with Gasteiger partial charge in [-0.25, -0.2) is 0 Å². The number of aliphatic carboxylic acids is 1. The molecule has 2 N–H and O–H groups in total. The zero-order valence-electron chi connectivity index (χ0n) is 13.7. The van der Waals surface area contributed by atoms with Crippen molar-refractivity contribution < 1.29 is 9.90 Å². The maximum absolute atomic E-state index is 11.3. The molecule has 0 amide bonds. The topological polar surface area (TPSA) is 54.3 Å². The van der Waals surface area contributed by atoms with Crippen LogP contribution in [-0.2, 0) is 11.3 Å². The van der Waals surface area contributed by atoms with E-state index < -0.39 is 11.2 Å². The average Bonchev–Trinajstić information content (AvgIpc) is 3.24. The third kappa shape index (κ3) is 3.32. The molecule has 4 rings (SSSR count). The zero-order valence-corrected chi connectivity index (χ0v) is 16.0. The highest BCUT2D eigenvalue weighted by Crippen LogP contribution is 2.39. The Labute approximate surface area is 165 Å². The van der Waals surface area contributed by atoms with Gasteiger partial charge in [-0.15, -0.1) is 11.8 Å². The van der Waals surface area contributed by atoms with Crippen molar-refractivity contribution in [1.82, 2.24) is 9.88 Å². The van der Waals surface area contributed by atoms with E-state index >= 15 is 0 Å². The maximum atomic E-state index is 11.3. The summed E-state index contributed by atoms with van der Waals surface area (Å²) in [7, 11) is 0. The Bertz CT molecular complexity index is 989. The van der Waals surface area contributed by atoms with Crippen LogP contribution in [0.5, 0.6) is 0 Å². The molecule has 2 aromatic carbocycles. The minimum atomic E-state index is -0.774. The summed E-state index contributed by atoms with van der Waals surface area (Å²) in [6.45, 7) is 1.13. The van der Waals surface area contributed by atoms with Gasteiger partial charge in [0.1, 0.15) is 5.25 Å². The molecule has 1 aliphatic heterocycles. The fourth-order valence-electron chi connectivity index (χ4n) is 3.25. The number of benzene rings is 2. The SMILES string of the molecule is O=C(O)[C@@H]1CN[C@H](c2cn(Cc3ccc(Cl)c(Cl)c3)c3ccccc23)S1. The molecule has 0 bridgehead atoms. The van der Waals surface area contributed by atoms with Crippen LogP contribution in [-0.4, -0.2) is 27.4 Å². The van der Waals surface area contributed by atoms with Crippen LogP contribution in [0.2, 0.25) is 10.0 Å². The van der Waals surface area contributed by atoms with Gasteiger partial charge in [0, 0.05) is 35.8 Å². The number of fused-ring (bicyclic) bond motifs is 1. The number of halogens is 2. The lowest BCUT2D eigenvalue weighted by molar-refractivity contribution is -0.136. The summed E-state index contributed by atoms with van der Waals surface area (Å²) < 4.78 is 2.17. The van der Waals surface area contributed by atoms with E-state index in [1.807, 2.05) is 24.3 Å². The van der Waals surface area contributed by atoms with Gasteiger partial charge in [-0.3, -0.25) is 10.1 Å². The number of hydrogen-bond donors (Lipinski definition) is 2. The molecule has 2 heterocycles. The van der Waals surface area contributed by atoms with Gasteiger partial charge in [-0.05, 0) is 23.8 Å². The van der Waals surface area contributed by atoms with Gasteiger partial charge in [-0.1, -0.05) is 47.5 Å². The molecule has 1 aromatic heterocycles. The van der Waals surface area contributed by atoms with Crippen LogP contribution in [0.3, 0.4) is 0 Å². The Morgan fingerprint density at radius 1 is 1.23 bits per heavy atom. The summed E-state index contributed by atoms with van der Waals surface area (Å²) in [5, 5.41) is 14.3. The number of para-hydroxylation sites is 1. The smallest absolute Gasteiger partial charge is 0.318 e. The van der Waals surface area contributed by atoms with E-state index in [1.54, 1.807) is 6.07 Å². The lowest BCUT2D eigenvalue weighted by atomic mass is 10.1. The molecule has 4 nitrogen and oxygen atoms in total. The van der Waals surface area contributed by atoms with Crippen molar-refractivity contribution in [3.05, 3.63) is 69.8 Å². The fraction of sp³-hybridized carbons (Fsp3) is 0.211. The molecule has 26 heavy (non-hydrogen) atoms. The Morgan fingerprint density at radius 2 is 2.04 bits per heavy atom. The number of carboxylic acid groups (broad SMARTS) is 1. The van der Waals surface area contributed by atoms with Crippen molar-refractivity contribution in [3.8, 4) is 0 Å². The van der Waals surface area contributed by atoms with Gasteiger partial charge in [0.15, 0.2) is 0 Å². The molecule has 0 spiro atoms. The monoisotopic (exact) mass is 406 g/mol. The number of carboxylic acids is 1. The molecule has 2 atom stereocenters. The summed E-state index contributed by atoms with van der Waals surface area (Å²) in [5.74, 6) is -0.774. The van der Waals surface area contributed by atoms with E-state index in [9.17, 15) is 9.90 Å². The molecular weight excluding hydrogens is 391 g/mol. The Morgan fingerprint density at radius 3 is 2.77 bits per heavy atom. The molecular formula is C19H16Cl2N2O2S. The highest BCUT2D eigenvalue weighted by atomic mass is 35.5. The summed E-state index contributed by atoms with van der Waals surface area (Å²) in [6.07, 6.45) is 2.10. The van der Waals surface area contributed by atoms with Crippen LogP contribution in [0.15, 0.2) is 48.7 Å². The summed E-state index contributed by atoms with van der Waals surface area (Å²) in [5.41, 5.74) is 3.27. The lowest BCUT2D eigenvalue weighted by Gasteiger charge is -2.08. The molecule has 0 unspecified atom stereocenters. The zero-order chi connectivity index (χ0) is 18.3. The number of carbonyl (C=O) groups is 1. The normalized spacial score (nSPS) is 19.9. The lowest BCUT2D eigenvalue weighted by Crippen LogP contribution is -2.21. The number of rotatable bonds is 4. The first-order valence-electron chi connectivity index (χ1n) is 8.16. The molecule has 3 aromatic rings. The van der Waals surface area contributed by atoms with Crippen LogP contribution in [0.4, 0.5) is 0 Å². The van der Waals surface area contributed by atoms with Crippen LogP contribution < -0.4 is 5.32 Å². The summed E-state index contributed by atoms with van der Waals surface area (Å²) in [4.78, 5) is 11.3. The summed E-state index contributed by atoms with van der Waals surface area (Å²) in [6, 6.07) is 13.8. The van der Waals surface area contributed by atoms with Crippen molar-refractivity contribution in [2.45, 2.75) is 17.2 Å². The molecule has 1 saturated heterocycles. The third-order valence-corrected chi connectivity index (χ3v) is 6.63. The van der Waals surface area contributed by atoms with Crippen LogP contribution >= 0.6 is 35.0 Å². The minimum Gasteiger partial charge on any atom is -0.480 e. The molecule has 134 valence electrons. The first-order valence-corrected chi connectivity index (χ1v) is 9.86. The Kier molecular flexibility index (Phi) is 4.88. The van der Waals surface area contributed by atoms with Gasteiger partial charge in [-0.2, -0.15) is 0 Å². The second kappa shape index (κ2) is 7.16. The van der Waals surface area contributed by atoms with Gasteiger partial charge in [0.05, 0.1) is 15.4 Å². The Balaban J connectivity index is 1.70. The minimum absolute atomic E-state index is 0.0314. The quantitative estimate of drug-likeness (QED) is 0.654. The van der Waals surface area contributed by atoms with Gasteiger partial charge in [0.25, 0.3) is 0 Å². The number of nitrogens with zero attached hydrogens (tertiary/aromatic N) is 1. The number of nitrogens with one attached hydrogen (secondary N) is 1. The van der Waals surface area contributed by atoms with E-state index in [0.29, 0.717) is 23.1 Å². The van der Waals surface area contributed by atoms with Gasteiger partial charge < -0.3 is 9.67 Å². The van der Waals surface area contributed by atoms with Crippen LogP contribution in [0.1, 0.15) is 16.5 Å². The predicted octanol–water partition coefficient (Wildman–Crippen LogP) is 4.78. The number of hydrogen-bond acceptors (Lipinski definition) is 3.